The van der Waals surface area contributed by atoms with Gasteiger partial charge in [-0.2, -0.15) is 0 Å². The average Bonchev–Trinajstić information content (AvgIpc) is 2.44. The second kappa shape index (κ2) is 7.38. The fourth-order valence-corrected chi connectivity index (χ4v) is 2.28. The van der Waals surface area contributed by atoms with Crippen molar-refractivity contribution in [1.82, 2.24) is 20.2 Å². The van der Waals surface area contributed by atoms with E-state index in [1.165, 1.54) is 0 Å². The summed E-state index contributed by atoms with van der Waals surface area (Å²) in [4.78, 5) is 32.6. The first kappa shape index (κ1) is 16.5. The first-order valence-corrected chi connectivity index (χ1v) is 7.51. The van der Waals surface area contributed by atoms with E-state index < -0.39 is 0 Å². The molecule has 2 aromatic rings. The number of H-pyrrole nitrogens is 1. The van der Waals surface area contributed by atoms with Crippen LogP contribution in [-0.4, -0.2) is 40.9 Å². The molecular weight excluding hydrogens is 304 g/mol. The third kappa shape index (κ3) is 4.29. The fourth-order valence-electron chi connectivity index (χ4n) is 2.11. The number of rotatable bonds is 6. The molecule has 1 amide bonds. The average molecular weight is 323 g/mol. The Morgan fingerprint density at radius 3 is 2.95 bits per heavy atom. The van der Waals surface area contributed by atoms with Gasteiger partial charge in [0.05, 0.1) is 24.0 Å². The van der Waals surface area contributed by atoms with E-state index in [4.69, 9.17) is 11.6 Å². The molecule has 1 heterocycles. The SMILES string of the molecule is CCCNC(=O)CN(C)Cc1nc2cc(Cl)ccc2c(=O)[nH]1. The molecule has 7 heteroatoms. The normalized spacial score (nSPS) is 11.1. The molecule has 0 fully saturated rings. The van der Waals surface area contributed by atoms with Crippen LogP contribution in [0, 0.1) is 0 Å². The van der Waals surface area contributed by atoms with Crippen molar-refractivity contribution in [2.75, 3.05) is 20.1 Å². The van der Waals surface area contributed by atoms with Crippen molar-refractivity contribution in [1.29, 1.82) is 0 Å². The summed E-state index contributed by atoms with van der Waals surface area (Å²) in [7, 11) is 1.80. The Morgan fingerprint density at radius 2 is 2.23 bits per heavy atom. The lowest BCUT2D eigenvalue weighted by Gasteiger charge is -2.15. The lowest BCUT2D eigenvalue weighted by molar-refractivity contribution is -0.122. The molecule has 22 heavy (non-hydrogen) atoms. The summed E-state index contributed by atoms with van der Waals surface area (Å²) in [6.07, 6.45) is 0.899. The number of likely N-dealkylation sites (N-methyl/N-ethyl adjacent to an activating group) is 1. The summed E-state index contributed by atoms with van der Waals surface area (Å²) in [5.74, 6) is 0.459. The van der Waals surface area contributed by atoms with Crippen LogP contribution in [-0.2, 0) is 11.3 Å². The fraction of sp³-hybridized carbons (Fsp3) is 0.400. The lowest BCUT2D eigenvalue weighted by atomic mass is 10.2. The summed E-state index contributed by atoms with van der Waals surface area (Å²) in [5, 5.41) is 3.84. The minimum absolute atomic E-state index is 0.0458. The van der Waals surface area contributed by atoms with Gasteiger partial charge in [-0.25, -0.2) is 4.98 Å². The number of halogens is 1. The molecule has 0 radical (unpaired) electrons. The number of benzene rings is 1. The number of nitrogens with one attached hydrogen (secondary N) is 2. The molecule has 6 nitrogen and oxygen atoms in total. The lowest BCUT2D eigenvalue weighted by Crippen LogP contribution is -2.35. The highest BCUT2D eigenvalue weighted by Crippen LogP contribution is 2.14. The van der Waals surface area contributed by atoms with Gasteiger partial charge in [-0.15, -0.1) is 0 Å². The van der Waals surface area contributed by atoms with E-state index in [1.807, 2.05) is 6.92 Å². The Balaban J connectivity index is 2.11. The molecule has 2 rings (SSSR count). The van der Waals surface area contributed by atoms with Crippen LogP contribution in [0.1, 0.15) is 19.2 Å². The molecule has 0 aliphatic heterocycles. The zero-order valence-corrected chi connectivity index (χ0v) is 13.4. The van der Waals surface area contributed by atoms with Crippen LogP contribution in [0.4, 0.5) is 0 Å². The van der Waals surface area contributed by atoms with E-state index in [-0.39, 0.29) is 18.0 Å². The van der Waals surface area contributed by atoms with Gasteiger partial charge in [-0.1, -0.05) is 18.5 Å². The number of amides is 1. The largest absolute Gasteiger partial charge is 0.355 e. The van der Waals surface area contributed by atoms with Crippen molar-refractivity contribution in [3.63, 3.8) is 0 Å². The smallest absolute Gasteiger partial charge is 0.258 e. The first-order valence-electron chi connectivity index (χ1n) is 7.13. The number of carbonyl (C=O) groups is 1. The first-order chi connectivity index (χ1) is 10.5. The molecule has 1 aromatic heterocycles. The van der Waals surface area contributed by atoms with Crippen LogP contribution >= 0.6 is 11.6 Å². The number of aromatic nitrogens is 2. The number of carbonyl (C=O) groups excluding carboxylic acids is 1. The van der Waals surface area contributed by atoms with Crippen LogP contribution in [0.25, 0.3) is 10.9 Å². The molecular formula is C15H19ClN4O2. The molecule has 0 unspecified atom stereocenters. The minimum Gasteiger partial charge on any atom is -0.355 e. The van der Waals surface area contributed by atoms with E-state index in [2.05, 4.69) is 15.3 Å². The second-order valence-electron chi connectivity index (χ2n) is 5.20. The predicted octanol–water partition coefficient (Wildman–Crippen LogP) is 1.53. The van der Waals surface area contributed by atoms with E-state index in [0.29, 0.717) is 34.8 Å². The van der Waals surface area contributed by atoms with Crippen molar-refractivity contribution >= 4 is 28.4 Å². The molecule has 0 spiro atoms. The molecule has 0 bridgehead atoms. The van der Waals surface area contributed by atoms with Gasteiger partial charge in [0.25, 0.3) is 5.56 Å². The van der Waals surface area contributed by atoms with Crippen LogP contribution in [0.5, 0.6) is 0 Å². The summed E-state index contributed by atoms with van der Waals surface area (Å²) in [5.41, 5.74) is 0.343. The molecule has 0 aliphatic carbocycles. The number of aromatic amines is 1. The van der Waals surface area contributed by atoms with E-state index in [9.17, 15) is 9.59 Å². The van der Waals surface area contributed by atoms with E-state index in [0.717, 1.165) is 6.42 Å². The molecule has 1 aromatic carbocycles. The maximum atomic E-state index is 12.0. The third-order valence-electron chi connectivity index (χ3n) is 3.12. The van der Waals surface area contributed by atoms with Gasteiger partial charge >= 0.3 is 0 Å². The zero-order valence-electron chi connectivity index (χ0n) is 12.6. The van der Waals surface area contributed by atoms with Gasteiger partial charge in [0.1, 0.15) is 5.82 Å². The Bertz CT molecular complexity index is 729. The summed E-state index contributed by atoms with van der Waals surface area (Å²) in [6.45, 7) is 3.28. The van der Waals surface area contributed by atoms with Crippen LogP contribution in [0.2, 0.25) is 5.02 Å². The van der Waals surface area contributed by atoms with Crippen molar-refractivity contribution in [3.05, 3.63) is 39.4 Å². The van der Waals surface area contributed by atoms with Crippen LogP contribution in [0.3, 0.4) is 0 Å². The van der Waals surface area contributed by atoms with Gasteiger partial charge in [-0.05, 0) is 31.7 Å². The quantitative estimate of drug-likeness (QED) is 0.845. The molecule has 0 saturated heterocycles. The van der Waals surface area contributed by atoms with Gasteiger partial charge in [0, 0.05) is 11.6 Å². The highest BCUT2D eigenvalue weighted by Gasteiger charge is 2.10. The van der Waals surface area contributed by atoms with Crippen molar-refractivity contribution in [2.24, 2.45) is 0 Å². The van der Waals surface area contributed by atoms with Crippen LogP contribution in [0.15, 0.2) is 23.0 Å². The third-order valence-corrected chi connectivity index (χ3v) is 3.36. The maximum Gasteiger partial charge on any atom is 0.258 e. The number of hydrogen-bond acceptors (Lipinski definition) is 4. The van der Waals surface area contributed by atoms with Crippen LogP contribution < -0.4 is 10.9 Å². The topological polar surface area (TPSA) is 78.1 Å². The van der Waals surface area contributed by atoms with Gasteiger partial charge in [-0.3, -0.25) is 14.5 Å². The molecule has 2 N–H and O–H groups in total. The minimum atomic E-state index is -0.208. The molecule has 0 atom stereocenters. The van der Waals surface area contributed by atoms with Gasteiger partial charge in [0.2, 0.25) is 5.91 Å². The zero-order chi connectivity index (χ0) is 16.1. The Kier molecular flexibility index (Phi) is 5.51. The summed E-state index contributed by atoms with van der Waals surface area (Å²) >= 11 is 5.93. The highest BCUT2D eigenvalue weighted by atomic mass is 35.5. The van der Waals surface area contributed by atoms with Crippen molar-refractivity contribution in [2.45, 2.75) is 19.9 Å². The number of nitrogens with zero attached hydrogens (tertiary/aromatic N) is 2. The predicted molar refractivity (Wildman–Crippen MR) is 87.0 cm³/mol. The summed E-state index contributed by atoms with van der Waals surface area (Å²) in [6, 6.07) is 4.96. The Labute approximate surface area is 133 Å². The number of hydrogen-bond donors (Lipinski definition) is 2. The van der Waals surface area contributed by atoms with E-state index >= 15 is 0 Å². The Hall–Kier alpha value is -1.92. The molecule has 0 aliphatic rings. The second-order valence-corrected chi connectivity index (χ2v) is 5.63. The van der Waals surface area contributed by atoms with Gasteiger partial charge in [0.15, 0.2) is 0 Å². The van der Waals surface area contributed by atoms with Crippen molar-refractivity contribution in [3.8, 4) is 0 Å². The van der Waals surface area contributed by atoms with Crippen molar-refractivity contribution < 1.29 is 4.79 Å². The molecule has 0 saturated carbocycles. The standard InChI is InChI=1S/C15H19ClN4O2/c1-3-6-17-14(21)9-20(2)8-13-18-12-7-10(16)4-5-11(12)15(22)19-13/h4-5,7H,3,6,8-9H2,1-2H3,(H,17,21)(H,18,19,22). The maximum absolute atomic E-state index is 12.0. The monoisotopic (exact) mass is 322 g/mol. The Morgan fingerprint density at radius 1 is 1.45 bits per heavy atom. The van der Waals surface area contributed by atoms with E-state index in [1.54, 1.807) is 30.1 Å². The highest BCUT2D eigenvalue weighted by molar-refractivity contribution is 6.31. The molecule has 118 valence electrons. The summed E-state index contributed by atoms with van der Waals surface area (Å²) < 4.78 is 0. The van der Waals surface area contributed by atoms with Gasteiger partial charge < -0.3 is 10.3 Å². The number of fused-ring (bicyclic) bond motifs is 1.